The van der Waals surface area contributed by atoms with E-state index in [4.69, 9.17) is 11.6 Å². The zero-order valence-corrected chi connectivity index (χ0v) is 11.7. The van der Waals surface area contributed by atoms with Crippen LogP contribution in [0.15, 0.2) is 30.5 Å². The summed E-state index contributed by atoms with van der Waals surface area (Å²) >= 11 is 5.99. The highest BCUT2D eigenvalue weighted by Gasteiger charge is 2.08. The Morgan fingerprint density at radius 3 is 2.83 bits per heavy atom. The Bertz CT molecular complexity index is 534. The number of aromatic nitrogens is 2. The fourth-order valence-corrected chi connectivity index (χ4v) is 2.07. The van der Waals surface area contributed by atoms with Crippen molar-refractivity contribution in [2.24, 2.45) is 7.05 Å². The van der Waals surface area contributed by atoms with Crippen molar-refractivity contribution in [3.05, 3.63) is 52.3 Å². The highest BCUT2D eigenvalue weighted by Crippen LogP contribution is 2.18. The van der Waals surface area contributed by atoms with Gasteiger partial charge in [0.2, 0.25) is 0 Å². The van der Waals surface area contributed by atoms with Crippen molar-refractivity contribution in [2.75, 3.05) is 0 Å². The van der Waals surface area contributed by atoms with E-state index in [2.05, 4.69) is 30.3 Å². The van der Waals surface area contributed by atoms with E-state index in [0.717, 1.165) is 11.6 Å². The van der Waals surface area contributed by atoms with Gasteiger partial charge in [0, 0.05) is 35.9 Å². The molecular formula is C14H18ClN3. The van der Waals surface area contributed by atoms with E-state index >= 15 is 0 Å². The van der Waals surface area contributed by atoms with Gasteiger partial charge in [-0.05, 0) is 31.5 Å². The zero-order chi connectivity index (χ0) is 13.1. The molecule has 0 aliphatic heterocycles. The molecule has 2 rings (SSSR count). The quantitative estimate of drug-likeness (QED) is 0.918. The van der Waals surface area contributed by atoms with Crippen LogP contribution in [-0.4, -0.2) is 9.78 Å². The van der Waals surface area contributed by atoms with E-state index in [9.17, 15) is 0 Å². The molecule has 1 unspecified atom stereocenters. The van der Waals surface area contributed by atoms with Crippen LogP contribution in [0, 0.1) is 6.92 Å². The Balaban J connectivity index is 2.00. The Kier molecular flexibility index (Phi) is 4.04. The summed E-state index contributed by atoms with van der Waals surface area (Å²) in [5.41, 5.74) is 3.62. The van der Waals surface area contributed by atoms with Crippen LogP contribution in [0.4, 0.5) is 0 Å². The third-order valence-electron chi connectivity index (χ3n) is 3.28. The molecule has 1 aromatic carbocycles. The maximum atomic E-state index is 5.99. The van der Waals surface area contributed by atoms with Crippen LogP contribution < -0.4 is 5.32 Å². The Hall–Kier alpha value is -1.32. The van der Waals surface area contributed by atoms with Crippen molar-refractivity contribution in [1.29, 1.82) is 0 Å². The molecule has 1 aromatic heterocycles. The Labute approximate surface area is 113 Å². The highest BCUT2D eigenvalue weighted by atomic mass is 35.5. The maximum Gasteiger partial charge on any atom is 0.0537 e. The molecule has 0 radical (unpaired) electrons. The molecule has 1 atom stereocenters. The highest BCUT2D eigenvalue weighted by molar-refractivity contribution is 6.30. The second-order valence-electron chi connectivity index (χ2n) is 4.54. The molecule has 0 aliphatic rings. The summed E-state index contributed by atoms with van der Waals surface area (Å²) < 4.78 is 1.89. The minimum absolute atomic E-state index is 0.267. The standard InChI is InChI=1S/C14H18ClN3/c1-10(12-5-4-6-14(15)7-12)16-8-13-9-17-18(3)11(13)2/h4-7,9-10,16H,8H2,1-3H3. The third kappa shape index (κ3) is 2.92. The zero-order valence-electron chi connectivity index (χ0n) is 10.9. The Morgan fingerprint density at radius 2 is 2.22 bits per heavy atom. The van der Waals surface area contributed by atoms with Gasteiger partial charge in [-0.15, -0.1) is 0 Å². The summed E-state index contributed by atoms with van der Waals surface area (Å²) in [5.74, 6) is 0. The smallest absolute Gasteiger partial charge is 0.0537 e. The molecule has 18 heavy (non-hydrogen) atoms. The first-order valence-corrected chi connectivity index (χ1v) is 6.42. The predicted octanol–water partition coefficient (Wildman–Crippen LogP) is 3.23. The monoisotopic (exact) mass is 263 g/mol. The second kappa shape index (κ2) is 5.55. The number of rotatable bonds is 4. The molecular weight excluding hydrogens is 246 g/mol. The summed E-state index contributed by atoms with van der Waals surface area (Å²) in [6.45, 7) is 5.03. The van der Waals surface area contributed by atoms with Crippen LogP contribution in [0.2, 0.25) is 5.02 Å². The van der Waals surface area contributed by atoms with E-state index in [1.165, 1.54) is 16.8 Å². The summed E-state index contributed by atoms with van der Waals surface area (Å²) in [7, 11) is 1.96. The topological polar surface area (TPSA) is 29.9 Å². The molecule has 96 valence electrons. The summed E-state index contributed by atoms with van der Waals surface area (Å²) in [6.07, 6.45) is 1.91. The molecule has 0 spiro atoms. The predicted molar refractivity (Wildman–Crippen MR) is 74.7 cm³/mol. The molecule has 0 fully saturated rings. The number of hydrogen-bond acceptors (Lipinski definition) is 2. The lowest BCUT2D eigenvalue weighted by Gasteiger charge is -2.14. The minimum atomic E-state index is 0.267. The molecule has 0 amide bonds. The Morgan fingerprint density at radius 1 is 1.44 bits per heavy atom. The van der Waals surface area contributed by atoms with Gasteiger partial charge in [0.05, 0.1) is 6.20 Å². The first-order valence-electron chi connectivity index (χ1n) is 6.04. The fraction of sp³-hybridized carbons (Fsp3) is 0.357. The molecule has 3 nitrogen and oxygen atoms in total. The molecule has 1 N–H and O–H groups in total. The molecule has 0 bridgehead atoms. The van der Waals surface area contributed by atoms with Gasteiger partial charge in [0.15, 0.2) is 0 Å². The summed E-state index contributed by atoms with van der Waals surface area (Å²) in [4.78, 5) is 0. The van der Waals surface area contributed by atoms with Gasteiger partial charge in [-0.1, -0.05) is 23.7 Å². The van der Waals surface area contributed by atoms with Crippen LogP contribution in [0.3, 0.4) is 0 Å². The van der Waals surface area contributed by atoms with Gasteiger partial charge in [-0.25, -0.2) is 0 Å². The van der Waals surface area contributed by atoms with Crippen molar-refractivity contribution in [2.45, 2.75) is 26.4 Å². The van der Waals surface area contributed by atoms with E-state index < -0.39 is 0 Å². The van der Waals surface area contributed by atoms with E-state index in [1.807, 2.05) is 36.1 Å². The molecule has 1 heterocycles. The third-order valence-corrected chi connectivity index (χ3v) is 3.52. The summed E-state index contributed by atoms with van der Waals surface area (Å²) in [6, 6.07) is 8.21. The molecule has 0 saturated carbocycles. The number of nitrogens with one attached hydrogen (secondary N) is 1. The molecule has 4 heteroatoms. The lowest BCUT2D eigenvalue weighted by molar-refractivity contribution is 0.572. The van der Waals surface area contributed by atoms with Crippen LogP contribution in [0.1, 0.15) is 29.8 Å². The van der Waals surface area contributed by atoms with Crippen LogP contribution in [-0.2, 0) is 13.6 Å². The van der Waals surface area contributed by atoms with Crippen molar-refractivity contribution in [3.63, 3.8) is 0 Å². The van der Waals surface area contributed by atoms with E-state index in [-0.39, 0.29) is 6.04 Å². The second-order valence-corrected chi connectivity index (χ2v) is 4.97. The first-order chi connectivity index (χ1) is 8.58. The number of halogens is 1. The lowest BCUT2D eigenvalue weighted by Crippen LogP contribution is -2.18. The van der Waals surface area contributed by atoms with Gasteiger partial charge in [-0.2, -0.15) is 5.10 Å². The number of nitrogens with zero attached hydrogens (tertiary/aromatic N) is 2. The molecule has 0 aliphatic carbocycles. The summed E-state index contributed by atoms with van der Waals surface area (Å²) in [5, 5.41) is 8.50. The number of aryl methyl sites for hydroxylation is 1. The minimum Gasteiger partial charge on any atom is -0.306 e. The van der Waals surface area contributed by atoms with Crippen molar-refractivity contribution in [1.82, 2.24) is 15.1 Å². The first kappa shape index (κ1) is 13.1. The van der Waals surface area contributed by atoms with Crippen molar-refractivity contribution < 1.29 is 0 Å². The van der Waals surface area contributed by atoms with Gasteiger partial charge in [0.1, 0.15) is 0 Å². The lowest BCUT2D eigenvalue weighted by atomic mass is 10.1. The van der Waals surface area contributed by atoms with Crippen molar-refractivity contribution >= 4 is 11.6 Å². The largest absolute Gasteiger partial charge is 0.306 e. The van der Waals surface area contributed by atoms with E-state index in [0.29, 0.717) is 0 Å². The van der Waals surface area contributed by atoms with Gasteiger partial charge < -0.3 is 5.32 Å². The van der Waals surface area contributed by atoms with Crippen LogP contribution >= 0.6 is 11.6 Å². The number of hydrogen-bond donors (Lipinski definition) is 1. The average molecular weight is 264 g/mol. The normalized spacial score (nSPS) is 12.7. The average Bonchev–Trinajstić information content (AvgIpc) is 2.67. The maximum absolute atomic E-state index is 5.99. The van der Waals surface area contributed by atoms with Crippen LogP contribution in [0.5, 0.6) is 0 Å². The number of benzene rings is 1. The van der Waals surface area contributed by atoms with Crippen molar-refractivity contribution in [3.8, 4) is 0 Å². The molecule has 0 saturated heterocycles. The van der Waals surface area contributed by atoms with Gasteiger partial charge >= 0.3 is 0 Å². The molecule has 2 aromatic rings. The van der Waals surface area contributed by atoms with Gasteiger partial charge in [0.25, 0.3) is 0 Å². The van der Waals surface area contributed by atoms with Crippen LogP contribution in [0.25, 0.3) is 0 Å². The fourth-order valence-electron chi connectivity index (χ4n) is 1.87. The SMILES string of the molecule is Cc1c(CNC(C)c2cccc(Cl)c2)cnn1C. The van der Waals surface area contributed by atoms with Gasteiger partial charge in [-0.3, -0.25) is 4.68 Å². The van der Waals surface area contributed by atoms with E-state index in [1.54, 1.807) is 0 Å².